The predicted molar refractivity (Wildman–Crippen MR) is 78.0 cm³/mol. The van der Waals surface area contributed by atoms with Gasteiger partial charge in [0.25, 0.3) is 0 Å². The molecule has 0 aromatic rings. The second-order valence-electron chi connectivity index (χ2n) is 5.42. The molecule has 0 amide bonds. The van der Waals surface area contributed by atoms with E-state index < -0.39 is 0 Å². The van der Waals surface area contributed by atoms with Crippen LogP contribution in [0.2, 0.25) is 0 Å². The van der Waals surface area contributed by atoms with Crippen LogP contribution in [-0.4, -0.2) is 41.9 Å². The van der Waals surface area contributed by atoms with E-state index in [-0.39, 0.29) is 12.0 Å². The zero-order valence-electron chi connectivity index (χ0n) is 11.8. The standard InChI is InChI=1S/C14H26BrNO2/c1-4-18-14(17)13-7-5-6-8-16(13)10-12(9-15)11(2)3/h11-13H,4-10H2,1-3H3. The molecular formula is C14H26BrNO2. The van der Waals surface area contributed by atoms with Gasteiger partial charge in [-0.1, -0.05) is 36.2 Å². The second kappa shape index (κ2) is 8.16. The van der Waals surface area contributed by atoms with E-state index in [0.29, 0.717) is 18.4 Å². The number of likely N-dealkylation sites (tertiary alicyclic amines) is 1. The minimum Gasteiger partial charge on any atom is -0.465 e. The number of carbonyl (C=O) groups is 1. The zero-order chi connectivity index (χ0) is 13.5. The van der Waals surface area contributed by atoms with Crippen LogP contribution in [0.25, 0.3) is 0 Å². The molecule has 106 valence electrons. The van der Waals surface area contributed by atoms with Gasteiger partial charge in [0, 0.05) is 11.9 Å². The highest BCUT2D eigenvalue weighted by molar-refractivity contribution is 9.09. The Kier molecular flexibility index (Phi) is 7.23. The van der Waals surface area contributed by atoms with Crippen LogP contribution in [0.4, 0.5) is 0 Å². The molecule has 0 bridgehead atoms. The Morgan fingerprint density at radius 3 is 2.72 bits per heavy atom. The first-order valence-electron chi connectivity index (χ1n) is 7.06. The predicted octanol–water partition coefficient (Wildman–Crippen LogP) is 3.07. The first-order chi connectivity index (χ1) is 8.60. The van der Waals surface area contributed by atoms with Crippen LogP contribution in [0, 0.1) is 11.8 Å². The Morgan fingerprint density at radius 1 is 1.44 bits per heavy atom. The van der Waals surface area contributed by atoms with Gasteiger partial charge < -0.3 is 4.74 Å². The van der Waals surface area contributed by atoms with E-state index in [1.807, 2.05) is 6.92 Å². The van der Waals surface area contributed by atoms with Gasteiger partial charge >= 0.3 is 5.97 Å². The molecule has 1 saturated heterocycles. The van der Waals surface area contributed by atoms with Crippen LogP contribution >= 0.6 is 15.9 Å². The van der Waals surface area contributed by atoms with Crippen molar-refractivity contribution in [2.24, 2.45) is 11.8 Å². The van der Waals surface area contributed by atoms with Crippen LogP contribution in [0.3, 0.4) is 0 Å². The molecule has 2 atom stereocenters. The van der Waals surface area contributed by atoms with Gasteiger partial charge in [-0.05, 0) is 38.1 Å². The lowest BCUT2D eigenvalue weighted by molar-refractivity contribution is -0.151. The van der Waals surface area contributed by atoms with Crippen molar-refractivity contribution in [1.82, 2.24) is 4.90 Å². The van der Waals surface area contributed by atoms with Crippen LogP contribution in [0.5, 0.6) is 0 Å². The lowest BCUT2D eigenvalue weighted by Crippen LogP contribution is -2.48. The summed E-state index contributed by atoms with van der Waals surface area (Å²) in [4.78, 5) is 14.3. The van der Waals surface area contributed by atoms with Gasteiger partial charge in [0.2, 0.25) is 0 Å². The molecule has 1 fully saturated rings. The Bertz CT molecular complexity index is 258. The number of hydrogen-bond acceptors (Lipinski definition) is 3. The summed E-state index contributed by atoms with van der Waals surface area (Å²) in [7, 11) is 0. The maximum absolute atomic E-state index is 12.0. The number of ether oxygens (including phenoxy) is 1. The van der Waals surface area contributed by atoms with Crippen molar-refractivity contribution >= 4 is 21.9 Å². The van der Waals surface area contributed by atoms with Crippen LogP contribution in [0.1, 0.15) is 40.0 Å². The molecule has 0 aromatic heterocycles. The number of alkyl halides is 1. The lowest BCUT2D eigenvalue weighted by atomic mass is 9.94. The monoisotopic (exact) mass is 319 g/mol. The van der Waals surface area contributed by atoms with Gasteiger partial charge in [-0.25, -0.2) is 0 Å². The van der Waals surface area contributed by atoms with Gasteiger partial charge in [-0.2, -0.15) is 0 Å². The van der Waals surface area contributed by atoms with Crippen molar-refractivity contribution in [1.29, 1.82) is 0 Å². The third kappa shape index (κ3) is 4.54. The topological polar surface area (TPSA) is 29.5 Å². The van der Waals surface area contributed by atoms with Gasteiger partial charge in [0.05, 0.1) is 6.61 Å². The third-order valence-electron chi connectivity index (χ3n) is 3.78. The molecule has 3 nitrogen and oxygen atoms in total. The number of nitrogens with zero attached hydrogens (tertiary/aromatic N) is 1. The van der Waals surface area contributed by atoms with Crippen molar-refractivity contribution in [3.8, 4) is 0 Å². The second-order valence-corrected chi connectivity index (χ2v) is 6.06. The minimum absolute atomic E-state index is 0.0148. The summed E-state index contributed by atoms with van der Waals surface area (Å²) < 4.78 is 5.19. The number of rotatable bonds is 6. The summed E-state index contributed by atoms with van der Waals surface area (Å²) >= 11 is 3.59. The van der Waals surface area contributed by atoms with Crippen molar-refractivity contribution in [2.45, 2.75) is 46.1 Å². The van der Waals surface area contributed by atoms with Gasteiger partial charge in [-0.15, -0.1) is 0 Å². The fourth-order valence-electron chi connectivity index (χ4n) is 2.45. The molecule has 1 aliphatic heterocycles. The lowest BCUT2D eigenvalue weighted by Gasteiger charge is -2.36. The number of carbonyl (C=O) groups excluding carboxylic acids is 1. The van der Waals surface area contributed by atoms with Crippen molar-refractivity contribution in [2.75, 3.05) is 25.0 Å². The summed E-state index contributed by atoms with van der Waals surface area (Å²) in [5, 5.41) is 0.997. The Hall–Kier alpha value is -0.0900. The van der Waals surface area contributed by atoms with E-state index in [0.717, 1.165) is 31.3 Å². The Morgan fingerprint density at radius 2 is 2.17 bits per heavy atom. The van der Waals surface area contributed by atoms with Crippen LogP contribution < -0.4 is 0 Å². The van der Waals surface area contributed by atoms with Gasteiger partial charge in [0.15, 0.2) is 0 Å². The molecule has 0 saturated carbocycles. The number of hydrogen-bond donors (Lipinski definition) is 0. The molecular weight excluding hydrogens is 294 g/mol. The summed E-state index contributed by atoms with van der Waals surface area (Å²) in [6.07, 6.45) is 3.29. The maximum atomic E-state index is 12.0. The molecule has 4 heteroatoms. The molecule has 0 radical (unpaired) electrons. The molecule has 0 aromatic carbocycles. The molecule has 1 rings (SSSR count). The van der Waals surface area contributed by atoms with E-state index >= 15 is 0 Å². The quantitative estimate of drug-likeness (QED) is 0.556. The molecule has 1 heterocycles. The van der Waals surface area contributed by atoms with Crippen molar-refractivity contribution in [3.63, 3.8) is 0 Å². The largest absolute Gasteiger partial charge is 0.465 e. The highest BCUT2D eigenvalue weighted by Crippen LogP contribution is 2.23. The summed E-state index contributed by atoms with van der Waals surface area (Å²) in [5.74, 6) is 1.20. The fraction of sp³-hybridized carbons (Fsp3) is 0.929. The summed E-state index contributed by atoms with van der Waals surface area (Å²) in [6, 6.07) is -0.0148. The number of piperidine rings is 1. The number of esters is 1. The van der Waals surface area contributed by atoms with E-state index in [2.05, 4.69) is 34.7 Å². The Labute approximate surface area is 119 Å². The normalized spacial score (nSPS) is 23.1. The van der Waals surface area contributed by atoms with Gasteiger partial charge in [0.1, 0.15) is 6.04 Å². The van der Waals surface area contributed by atoms with E-state index in [1.54, 1.807) is 0 Å². The first kappa shape index (κ1) is 16.0. The van der Waals surface area contributed by atoms with Crippen molar-refractivity contribution < 1.29 is 9.53 Å². The van der Waals surface area contributed by atoms with Crippen LogP contribution in [0.15, 0.2) is 0 Å². The average Bonchev–Trinajstić information content (AvgIpc) is 2.36. The smallest absolute Gasteiger partial charge is 0.323 e. The minimum atomic E-state index is -0.0331. The van der Waals surface area contributed by atoms with Gasteiger partial charge in [-0.3, -0.25) is 9.69 Å². The molecule has 1 aliphatic rings. The molecule has 2 unspecified atom stereocenters. The van der Waals surface area contributed by atoms with E-state index in [9.17, 15) is 4.79 Å². The van der Waals surface area contributed by atoms with E-state index in [1.165, 1.54) is 6.42 Å². The highest BCUT2D eigenvalue weighted by atomic mass is 79.9. The molecule has 0 aliphatic carbocycles. The maximum Gasteiger partial charge on any atom is 0.323 e. The summed E-state index contributed by atoms with van der Waals surface area (Å²) in [5.41, 5.74) is 0. The van der Waals surface area contributed by atoms with Crippen molar-refractivity contribution in [3.05, 3.63) is 0 Å². The SMILES string of the molecule is CCOC(=O)C1CCCCN1CC(CBr)C(C)C. The number of halogens is 1. The molecule has 0 N–H and O–H groups in total. The zero-order valence-corrected chi connectivity index (χ0v) is 13.4. The first-order valence-corrected chi connectivity index (χ1v) is 8.18. The fourth-order valence-corrected chi connectivity index (χ4v) is 3.41. The Balaban J connectivity index is 2.61. The third-order valence-corrected chi connectivity index (χ3v) is 4.61. The van der Waals surface area contributed by atoms with E-state index in [4.69, 9.17) is 4.74 Å². The highest BCUT2D eigenvalue weighted by Gasteiger charge is 2.31. The molecule has 18 heavy (non-hydrogen) atoms. The molecule has 0 spiro atoms. The summed E-state index contributed by atoms with van der Waals surface area (Å²) in [6.45, 7) is 8.87. The van der Waals surface area contributed by atoms with Crippen LogP contribution in [-0.2, 0) is 9.53 Å². The average molecular weight is 320 g/mol.